The highest BCUT2D eigenvalue weighted by Crippen LogP contribution is 2.31. The Balaban J connectivity index is 1.54. The van der Waals surface area contributed by atoms with E-state index in [4.69, 9.17) is 4.74 Å². The summed E-state index contributed by atoms with van der Waals surface area (Å²) in [5.41, 5.74) is 8.64. The van der Waals surface area contributed by atoms with Gasteiger partial charge >= 0.3 is 0 Å². The zero-order chi connectivity index (χ0) is 33.4. The van der Waals surface area contributed by atoms with Gasteiger partial charge in [-0.2, -0.15) is 0 Å². The molecule has 0 radical (unpaired) electrons. The number of benzene rings is 3. The van der Waals surface area contributed by atoms with Crippen molar-refractivity contribution in [2.45, 2.75) is 155 Å². The molecule has 0 fully saturated rings. The summed E-state index contributed by atoms with van der Waals surface area (Å²) in [5.74, 6) is 0. The third kappa shape index (κ3) is 16.0. The molecule has 0 saturated carbocycles. The van der Waals surface area contributed by atoms with E-state index in [1.165, 1.54) is 143 Å². The van der Waals surface area contributed by atoms with E-state index >= 15 is 0 Å². The fraction of sp³-hybridized carbons (Fsp3) is 0.591. The molecule has 0 heterocycles. The second-order valence-electron chi connectivity index (χ2n) is 13.8. The van der Waals surface area contributed by atoms with Crippen LogP contribution in [0.2, 0.25) is 0 Å². The summed E-state index contributed by atoms with van der Waals surface area (Å²) in [5, 5.41) is 19.1. The van der Waals surface area contributed by atoms with Gasteiger partial charge in [-0.3, -0.25) is 0 Å². The second kappa shape index (κ2) is 24.6. The molecule has 0 bridgehead atoms. The molecule has 1 unspecified atom stereocenters. The average Bonchev–Trinajstić information content (AvgIpc) is 3.10. The zero-order valence-corrected chi connectivity index (χ0v) is 30.0. The Labute approximate surface area is 288 Å². The minimum Gasteiger partial charge on any atom is -0.394 e. The van der Waals surface area contributed by atoms with E-state index in [2.05, 4.69) is 80.6 Å². The van der Waals surface area contributed by atoms with E-state index in [0.29, 0.717) is 6.61 Å². The molecule has 0 aromatic heterocycles. The molecule has 3 heteroatoms. The molecule has 3 aromatic carbocycles. The zero-order valence-electron chi connectivity index (χ0n) is 30.0. The van der Waals surface area contributed by atoms with E-state index in [0.717, 1.165) is 24.0 Å². The minimum atomic E-state index is -0.861. The maximum absolute atomic E-state index is 9.84. The van der Waals surface area contributed by atoms with E-state index in [-0.39, 0.29) is 13.2 Å². The van der Waals surface area contributed by atoms with Gasteiger partial charge in [0.15, 0.2) is 0 Å². The summed E-state index contributed by atoms with van der Waals surface area (Å²) in [6.07, 6.45) is 25.9. The molecule has 0 saturated heterocycles. The van der Waals surface area contributed by atoms with Crippen molar-refractivity contribution in [3.8, 4) is 22.3 Å². The molecule has 3 rings (SSSR count). The summed E-state index contributed by atoms with van der Waals surface area (Å²) in [7, 11) is 0. The summed E-state index contributed by atoms with van der Waals surface area (Å²) >= 11 is 0. The Morgan fingerprint density at radius 1 is 0.511 bits per heavy atom. The number of aliphatic hydroxyl groups is 2. The molecule has 0 aliphatic rings. The Morgan fingerprint density at radius 2 is 0.936 bits per heavy atom. The SMILES string of the molecule is CCCCCCCCCCCc1ccc(-c2ccc(-c3ccc(CCCCCCCCCCC)cc3)c(COCC(O)CO)c2)cc1. The van der Waals surface area contributed by atoms with Crippen LogP contribution in [0.1, 0.15) is 146 Å². The van der Waals surface area contributed by atoms with Crippen molar-refractivity contribution in [2.24, 2.45) is 0 Å². The van der Waals surface area contributed by atoms with E-state index < -0.39 is 6.10 Å². The van der Waals surface area contributed by atoms with Crippen LogP contribution in [0, 0.1) is 0 Å². The number of hydrogen-bond acceptors (Lipinski definition) is 3. The fourth-order valence-corrected chi connectivity index (χ4v) is 6.53. The molecular formula is C44H66O3. The van der Waals surface area contributed by atoms with Gasteiger partial charge in [0.1, 0.15) is 6.10 Å². The summed E-state index contributed by atoms with van der Waals surface area (Å²) in [6, 6.07) is 24.8. The van der Waals surface area contributed by atoms with Crippen LogP contribution < -0.4 is 0 Å². The first-order valence-corrected chi connectivity index (χ1v) is 19.3. The number of ether oxygens (including phenoxy) is 1. The number of aryl methyl sites for hydroxylation is 2. The second-order valence-corrected chi connectivity index (χ2v) is 13.8. The van der Waals surface area contributed by atoms with Crippen molar-refractivity contribution in [1.82, 2.24) is 0 Å². The van der Waals surface area contributed by atoms with Crippen LogP contribution in [0.5, 0.6) is 0 Å². The summed E-state index contributed by atoms with van der Waals surface area (Å²) < 4.78 is 5.87. The first-order valence-electron chi connectivity index (χ1n) is 19.3. The molecule has 0 amide bonds. The van der Waals surface area contributed by atoms with Gasteiger partial charge < -0.3 is 14.9 Å². The predicted octanol–water partition coefficient (Wildman–Crippen LogP) is 12.0. The van der Waals surface area contributed by atoms with Crippen molar-refractivity contribution in [3.63, 3.8) is 0 Å². The largest absolute Gasteiger partial charge is 0.394 e. The highest BCUT2D eigenvalue weighted by molar-refractivity contribution is 5.74. The molecule has 2 N–H and O–H groups in total. The maximum atomic E-state index is 9.84. The lowest BCUT2D eigenvalue weighted by atomic mass is 9.93. The Morgan fingerprint density at radius 3 is 1.40 bits per heavy atom. The third-order valence-electron chi connectivity index (χ3n) is 9.57. The standard InChI is InChI=1S/C44H66O3/c1-3-5-7-9-11-13-15-17-19-21-37-23-27-39(28-24-37)41-31-32-44(42(33-41)35-47-36-43(46)34-45)40-29-25-38(26-30-40)22-20-18-16-14-12-10-8-6-4-2/h23-33,43,45-46H,3-22,34-36H2,1-2H3. The van der Waals surface area contributed by atoms with Gasteiger partial charge in [-0.1, -0.05) is 177 Å². The summed E-state index contributed by atoms with van der Waals surface area (Å²) in [4.78, 5) is 0. The van der Waals surface area contributed by atoms with Crippen LogP contribution in [0.4, 0.5) is 0 Å². The molecule has 1 atom stereocenters. The van der Waals surface area contributed by atoms with Crippen LogP contribution in [-0.2, 0) is 24.2 Å². The van der Waals surface area contributed by atoms with Gasteiger partial charge in [0.25, 0.3) is 0 Å². The molecular weight excluding hydrogens is 576 g/mol. The predicted molar refractivity (Wildman–Crippen MR) is 202 cm³/mol. The first-order chi connectivity index (χ1) is 23.1. The molecule has 0 spiro atoms. The van der Waals surface area contributed by atoms with Crippen molar-refractivity contribution in [1.29, 1.82) is 0 Å². The number of unbranched alkanes of at least 4 members (excludes halogenated alkanes) is 16. The highest BCUT2D eigenvalue weighted by atomic mass is 16.5. The molecule has 260 valence electrons. The van der Waals surface area contributed by atoms with Gasteiger partial charge in [0.2, 0.25) is 0 Å². The van der Waals surface area contributed by atoms with Gasteiger partial charge in [-0.05, 0) is 70.7 Å². The lowest BCUT2D eigenvalue weighted by molar-refractivity contribution is 0.000142. The molecule has 3 aromatic rings. The van der Waals surface area contributed by atoms with Gasteiger partial charge in [-0.25, -0.2) is 0 Å². The maximum Gasteiger partial charge on any atom is 0.100 e. The van der Waals surface area contributed by atoms with Gasteiger partial charge in [-0.15, -0.1) is 0 Å². The van der Waals surface area contributed by atoms with E-state index in [1.807, 2.05) is 0 Å². The van der Waals surface area contributed by atoms with E-state index in [1.54, 1.807) is 0 Å². The summed E-state index contributed by atoms with van der Waals surface area (Å²) in [6.45, 7) is 4.77. The Kier molecular flexibility index (Phi) is 20.4. The smallest absolute Gasteiger partial charge is 0.100 e. The number of aliphatic hydroxyl groups excluding tert-OH is 2. The topological polar surface area (TPSA) is 49.7 Å². The normalized spacial score (nSPS) is 12.1. The molecule has 0 aliphatic carbocycles. The van der Waals surface area contributed by atoms with Crippen molar-refractivity contribution in [2.75, 3.05) is 13.2 Å². The molecule has 3 nitrogen and oxygen atoms in total. The monoisotopic (exact) mass is 643 g/mol. The van der Waals surface area contributed by atoms with Crippen molar-refractivity contribution in [3.05, 3.63) is 83.4 Å². The molecule has 47 heavy (non-hydrogen) atoms. The van der Waals surface area contributed by atoms with Crippen LogP contribution in [0.25, 0.3) is 22.3 Å². The Hall–Kier alpha value is -2.46. The van der Waals surface area contributed by atoms with Crippen molar-refractivity contribution < 1.29 is 14.9 Å². The van der Waals surface area contributed by atoms with Crippen molar-refractivity contribution >= 4 is 0 Å². The average molecular weight is 643 g/mol. The first kappa shape index (κ1) is 39.0. The number of rotatable bonds is 27. The highest BCUT2D eigenvalue weighted by Gasteiger charge is 2.11. The minimum absolute atomic E-state index is 0.116. The van der Waals surface area contributed by atoms with Crippen LogP contribution in [0.3, 0.4) is 0 Å². The quantitative estimate of drug-likeness (QED) is 0.0814. The van der Waals surface area contributed by atoms with Crippen LogP contribution in [0.15, 0.2) is 66.7 Å². The Bertz CT molecular complexity index is 1180. The number of hydrogen-bond donors (Lipinski definition) is 2. The van der Waals surface area contributed by atoms with Gasteiger partial charge in [0.05, 0.1) is 19.8 Å². The fourth-order valence-electron chi connectivity index (χ4n) is 6.53. The van der Waals surface area contributed by atoms with Gasteiger partial charge in [0, 0.05) is 0 Å². The lowest BCUT2D eigenvalue weighted by Gasteiger charge is -2.15. The third-order valence-corrected chi connectivity index (χ3v) is 9.57. The van der Waals surface area contributed by atoms with E-state index in [9.17, 15) is 10.2 Å². The molecule has 0 aliphatic heterocycles. The van der Waals surface area contributed by atoms with Crippen LogP contribution in [-0.4, -0.2) is 29.5 Å². The van der Waals surface area contributed by atoms with Crippen LogP contribution >= 0.6 is 0 Å². The lowest BCUT2D eigenvalue weighted by Crippen LogP contribution is -2.19.